The molecule has 0 aliphatic carbocycles. The Morgan fingerprint density at radius 3 is 2.92 bits per heavy atom. The molecule has 0 aromatic heterocycles. The summed E-state index contributed by atoms with van der Waals surface area (Å²) in [4.78, 5) is 2.49. The van der Waals surface area contributed by atoms with Crippen LogP contribution in [-0.4, -0.2) is 42.4 Å². The lowest BCUT2D eigenvalue weighted by molar-refractivity contribution is 0.346. The average Bonchev–Trinajstić information content (AvgIpc) is 2.48. The molecule has 0 bridgehead atoms. The Morgan fingerprint density at radius 2 is 2.42 bits per heavy atom. The van der Waals surface area contributed by atoms with Crippen LogP contribution in [0, 0.1) is 0 Å². The highest BCUT2D eigenvalue weighted by Gasteiger charge is 2.20. The van der Waals surface area contributed by atoms with Crippen LogP contribution in [0.25, 0.3) is 0 Å². The van der Waals surface area contributed by atoms with E-state index in [9.17, 15) is 0 Å². The van der Waals surface area contributed by atoms with Gasteiger partial charge in [-0.05, 0) is 19.5 Å². The highest BCUT2D eigenvalue weighted by Crippen LogP contribution is 2.08. The molecule has 1 saturated heterocycles. The SMILES string of the molecule is CCN1CCC(NCC(C)S)C1. The highest BCUT2D eigenvalue weighted by molar-refractivity contribution is 7.80. The van der Waals surface area contributed by atoms with Crippen molar-refractivity contribution in [2.75, 3.05) is 26.2 Å². The maximum absolute atomic E-state index is 4.34. The van der Waals surface area contributed by atoms with Gasteiger partial charge in [0.05, 0.1) is 0 Å². The zero-order valence-electron chi connectivity index (χ0n) is 8.08. The molecule has 0 aromatic carbocycles. The molecule has 1 rings (SSSR count). The summed E-state index contributed by atoms with van der Waals surface area (Å²) in [6.07, 6.45) is 1.30. The first-order valence-corrected chi connectivity index (χ1v) is 5.37. The van der Waals surface area contributed by atoms with E-state index >= 15 is 0 Å². The summed E-state index contributed by atoms with van der Waals surface area (Å²) < 4.78 is 0. The number of likely N-dealkylation sites (N-methyl/N-ethyl adjacent to an activating group) is 1. The second kappa shape index (κ2) is 5.10. The number of likely N-dealkylation sites (tertiary alicyclic amines) is 1. The van der Waals surface area contributed by atoms with Gasteiger partial charge in [0.1, 0.15) is 0 Å². The summed E-state index contributed by atoms with van der Waals surface area (Å²) in [6, 6.07) is 0.708. The van der Waals surface area contributed by atoms with E-state index in [-0.39, 0.29) is 0 Å². The van der Waals surface area contributed by atoms with Crippen LogP contribution in [0.4, 0.5) is 0 Å². The van der Waals surface area contributed by atoms with Gasteiger partial charge in [-0.25, -0.2) is 0 Å². The number of hydrogen-bond acceptors (Lipinski definition) is 3. The van der Waals surface area contributed by atoms with Gasteiger partial charge in [0.15, 0.2) is 0 Å². The molecule has 0 radical (unpaired) electrons. The van der Waals surface area contributed by atoms with E-state index < -0.39 is 0 Å². The van der Waals surface area contributed by atoms with Crippen LogP contribution in [0.2, 0.25) is 0 Å². The minimum atomic E-state index is 0.473. The average molecular weight is 188 g/mol. The van der Waals surface area contributed by atoms with Gasteiger partial charge in [-0.3, -0.25) is 0 Å². The number of hydrogen-bond donors (Lipinski definition) is 2. The third-order valence-corrected chi connectivity index (χ3v) is 2.60. The molecular formula is C9H20N2S. The molecule has 0 saturated carbocycles. The second-order valence-corrected chi connectivity index (χ2v) is 4.52. The molecule has 2 unspecified atom stereocenters. The first-order chi connectivity index (χ1) is 5.72. The van der Waals surface area contributed by atoms with Crippen LogP contribution >= 0.6 is 12.6 Å². The van der Waals surface area contributed by atoms with Crippen LogP contribution in [0.1, 0.15) is 20.3 Å². The molecule has 1 aliphatic heterocycles. The Kier molecular flexibility index (Phi) is 4.40. The maximum atomic E-state index is 4.34. The summed E-state index contributed by atoms with van der Waals surface area (Å²) in [5, 5.41) is 4.00. The molecule has 2 nitrogen and oxygen atoms in total. The molecule has 0 spiro atoms. The van der Waals surface area contributed by atoms with E-state index in [1.54, 1.807) is 0 Å². The summed E-state index contributed by atoms with van der Waals surface area (Å²) in [7, 11) is 0. The minimum absolute atomic E-state index is 0.473. The lowest BCUT2D eigenvalue weighted by Crippen LogP contribution is -2.35. The zero-order valence-corrected chi connectivity index (χ0v) is 8.98. The zero-order chi connectivity index (χ0) is 8.97. The molecule has 1 aliphatic rings. The molecule has 1 fully saturated rings. The van der Waals surface area contributed by atoms with Crippen LogP contribution in [0.5, 0.6) is 0 Å². The molecule has 0 amide bonds. The first kappa shape index (κ1) is 10.4. The molecule has 72 valence electrons. The topological polar surface area (TPSA) is 15.3 Å². The number of rotatable bonds is 4. The predicted octanol–water partition coefficient (Wildman–Crippen LogP) is 0.988. The van der Waals surface area contributed by atoms with Gasteiger partial charge in [0, 0.05) is 24.4 Å². The van der Waals surface area contributed by atoms with E-state index in [1.165, 1.54) is 26.1 Å². The van der Waals surface area contributed by atoms with Crippen molar-refractivity contribution in [1.82, 2.24) is 10.2 Å². The second-order valence-electron chi connectivity index (χ2n) is 3.64. The third kappa shape index (κ3) is 3.33. The van der Waals surface area contributed by atoms with E-state index in [0.717, 1.165) is 6.54 Å². The highest BCUT2D eigenvalue weighted by atomic mass is 32.1. The molecule has 12 heavy (non-hydrogen) atoms. The van der Waals surface area contributed by atoms with Gasteiger partial charge in [-0.2, -0.15) is 12.6 Å². The molecule has 1 heterocycles. The Balaban J connectivity index is 2.11. The van der Waals surface area contributed by atoms with Crippen LogP contribution < -0.4 is 5.32 Å². The number of nitrogens with zero attached hydrogens (tertiary/aromatic N) is 1. The lowest BCUT2D eigenvalue weighted by Gasteiger charge is -2.15. The monoisotopic (exact) mass is 188 g/mol. The van der Waals surface area contributed by atoms with E-state index in [4.69, 9.17) is 0 Å². The normalized spacial score (nSPS) is 27.8. The molecular weight excluding hydrogens is 168 g/mol. The Bertz CT molecular complexity index is 128. The van der Waals surface area contributed by atoms with Crippen molar-refractivity contribution in [2.45, 2.75) is 31.6 Å². The molecule has 0 aromatic rings. The summed E-state index contributed by atoms with van der Waals surface area (Å²) >= 11 is 4.34. The van der Waals surface area contributed by atoms with Crippen molar-refractivity contribution in [3.8, 4) is 0 Å². The summed E-state index contributed by atoms with van der Waals surface area (Å²) in [6.45, 7) is 9.05. The van der Waals surface area contributed by atoms with Gasteiger partial charge in [0.25, 0.3) is 0 Å². The van der Waals surface area contributed by atoms with Gasteiger partial charge < -0.3 is 10.2 Å². The van der Waals surface area contributed by atoms with Gasteiger partial charge in [-0.15, -0.1) is 0 Å². The fraction of sp³-hybridized carbons (Fsp3) is 1.00. The minimum Gasteiger partial charge on any atom is -0.312 e. The van der Waals surface area contributed by atoms with Crippen molar-refractivity contribution in [3.63, 3.8) is 0 Å². The lowest BCUT2D eigenvalue weighted by atomic mass is 10.2. The summed E-state index contributed by atoms with van der Waals surface area (Å²) in [5.41, 5.74) is 0. The van der Waals surface area contributed by atoms with Gasteiger partial charge in [0.2, 0.25) is 0 Å². The first-order valence-electron chi connectivity index (χ1n) is 4.86. The van der Waals surface area contributed by atoms with Crippen LogP contribution in [0.15, 0.2) is 0 Å². The van der Waals surface area contributed by atoms with Crippen molar-refractivity contribution < 1.29 is 0 Å². The Hall–Kier alpha value is 0.270. The molecule has 3 heteroatoms. The van der Waals surface area contributed by atoms with Gasteiger partial charge >= 0.3 is 0 Å². The molecule has 2 atom stereocenters. The van der Waals surface area contributed by atoms with Crippen molar-refractivity contribution in [3.05, 3.63) is 0 Å². The van der Waals surface area contributed by atoms with Crippen molar-refractivity contribution in [2.24, 2.45) is 0 Å². The van der Waals surface area contributed by atoms with E-state index in [1.807, 2.05) is 0 Å². The quantitative estimate of drug-likeness (QED) is 0.640. The predicted molar refractivity (Wildman–Crippen MR) is 57.0 cm³/mol. The number of nitrogens with one attached hydrogen (secondary N) is 1. The van der Waals surface area contributed by atoms with Crippen molar-refractivity contribution >= 4 is 12.6 Å². The van der Waals surface area contributed by atoms with Gasteiger partial charge in [-0.1, -0.05) is 13.8 Å². The maximum Gasteiger partial charge on any atom is 0.0207 e. The Labute approximate surface area is 81.1 Å². The molecule has 1 N–H and O–H groups in total. The van der Waals surface area contributed by atoms with E-state index in [0.29, 0.717) is 11.3 Å². The van der Waals surface area contributed by atoms with Crippen LogP contribution in [0.3, 0.4) is 0 Å². The smallest absolute Gasteiger partial charge is 0.0207 e. The standard InChI is InChI=1S/C9H20N2S/c1-3-11-5-4-9(7-11)10-6-8(2)12/h8-10,12H,3-7H2,1-2H3. The fourth-order valence-corrected chi connectivity index (χ4v) is 1.73. The Morgan fingerprint density at radius 1 is 1.67 bits per heavy atom. The third-order valence-electron chi connectivity index (χ3n) is 2.42. The van der Waals surface area contributed by atoms with Crippen molar-refractivity contribution in [1.29, 1.82) is 0 Å². The van der Waals surface area contributed by atoms with Crippen LogP contribution in [-0.2, 0) is 0 Å². The fourth-order valence-electron chi connectivity index (χ4n) is 1.62. The summed E-state index contributed by atoms with van der Waals surface area (Å²) in [5.74, 6) is 0. The number of thiol groups is 1. The van der Waals surface area contributed by atoms with E-state index in [2.05, 4.69) is 36.7 Å². The largest absolute Gasteiger partial charge is 0.312 e.